The zero-order valence-electron chi connectivity index (χ0n) is 13.4. The molecule has 3 heterocycles. The molecule has 6 heteroatoms. The van der Waals surface area contributed by atoms with Gasteiger partial charge in [-0.2, -0.15) is 0 Å². The number of fused-ring (bicyclic) bond motifs is 1. The third-order valence-electron chi connectivity index (χ3n) is 4.38. The number of hydrogen-bond donors (Lipinski definition) is 1. The molecule has 0 bridgehead atoms. The van der Waals surface area contributed by atoms with Gasteiger partial charge in [0.1, 0.15) is 0 Å². The fourth-order valence-electron chi connectivity index (χ4n) is 3.22. The Morgan fingerprint density at radius 3 is 2.88 bits per heavy atom. The molecule has 1 aromatic carbocycles. The third kappa shape index (κ3) is 3.06. The molecule has 2 aliphatic rings. The standard InChI is InChI=1S/C18H20N2O3S/c21-18(20-8-1-4-14(20)17-5-2-11-24-17)19-13-6-7-15-16(12-13)23-10-3-9-22-15/h2,5-7,11-12,14H,1,3-4,8-10H2,(H,19,21)/t14-/m0/s1. The maximum absolute atomic E-state index is 12.7. The van der Waals surface area contributed by atoms with Crippen LogP contribution in [0.25, 0.3) is 0 Å². The lowest BCUT2D eigenvalue weighted by molar-refractivity contribution is 0.208. The molecule has 2 amide bonds. The summed E-state index contributed by atoms with van der Waals surface area (Å²) in [5.74, 6) is 1.43. The molecule has 1 N–H and O–H groups in total. The molecule has 2 aliphatic heterocycles. The van der Waals surface area contributed by atoms with Crippen LogP contribution in [0.4, 0.5) is 10.5 Å². The van der Waals surface area contributed by atoms with E-state index >= 15 is 0 Å². The van der Waals surface area contributed by atoms with Crippen LogP contribution in [-0.4, -0.2) is 30.7 Å². The van der Waals surface area contributed by atoms with E-state index in [1.807, 2.05) is 29.2 Å². The average Bonchev–Trinajstić information content (AvgIpc) is 3.22. The van der Waals surface area contributed by atoms with E-state index in [-0.39, 0.29) is 12.1 Å². The maximum atomic E-state index is 12.7. The number of anilines is 1. The minimum absolute atomic E-state index is 0.0552. The largest absolute Gasteiger partial charge is 0.490 e. The summed E-state index contributed by atoms with van der Waals surface area (Å²) in [5.41, 5.74) is 0.737. The number of carbonyl (C=O) groups excluding carboxylic acids is 1. The van der Waals surface area contributed by atoms with Crippen LogP contribution in [0.5, 0.6) is 11.5 Å². The molecule has 5 nitrogen and oxygen atoms in total. The Balaban J connectivity index is 1.48. The zero-order chi connectivity index (χ0) is 16.4. The highest BCUT2D eigenvalue weighted by Gasteiger charge is 2.30. The van der Waals surface area contributed by atoms with Crippen LogP contribution in [0.2, 0.25) is 0 Å². The lowest BCUT2D eigenvalue weighted by Gasteiger charge is -2.24. The Morgan fingerprint density at radius 1 is 1.17 bits per heavy atom. The maximum Gasteiger partial charge on any atom is 0.322 e. The van der Waals surface area contributed by atoms with Gasteiger partial charge in [0.05, 0.1) is 19.3 Å². The average molecular weight is 344 g/mol. The van der Waals surface area contributed by atoms with Crippen molar-refractivity contribution in [1.29, 1.82) is 0 Å². The summed E-state index contributed by atoms with van der Waals surface area (Å²) in [6, 6.07) is 9.84. The quantitative estimate of drug-likeness (QED) is 0.885. The molecule has 0 unspecified atom stereocenters. The smallest absolute Gasteiger partial charge is 0.322 e. The Hall–Kier alpha value is -2.21. The number of urea groups is 1. The molecule has 0 aliphatic carbocycles. The molecule has 24 heavy (non-hydrogen) atoms. The van der Waals surface area contributed by atoms with Gasteiger partial charge in [0.2, 0.25) is 0 Å². The van der Waals surface area contributed by atoms with E-state index < -0.39 is 0 Å². The van der Waals surface area contributed by atoms with Gasteiger partial charge in [0, 0.05) is 29.6 Å². The highest BCUT2D eigenvalue weighted by Crippen LogP contribution is 2.36. The van der Waals surface area contributed by atoms with Gasteiger partial charge in [-0.25, -0.2) is 4.79 Å². The molecule has 1 saturated heterocycles. The van der Waals surface area contributed by atoms with Crippen molar-refractivity contribution in [1.82, 2.24) is 4.90 Å². The first-order valence-electron chi connectivity index (χ1n) is 8.32. The normalized spacial score (nSPS) is 19.8. The topological polar surface area (TPSA) is 50.8 Å². The molecule has 1 aromatic heterocycles. The second-order valence-electron chi connectivity index (χ2n) is 6.01. The Labute approximate surface area is 145 Å². The number of nitrogens with zero attached hydrogens (tertiary/aromatic N) is 1. The van der Waals surface area contributed by atoms with Crippen LogP contribution in [-0.2, 0) is 0 Å². The van der Waals surface area contributed by atoms with Gasteiger partial charge in [-0.3, -0.25) is 0 Å². The van der Waals surface area contributed by atoms with Crippen molar-refractivity contribution in [2.75, 3.05) is 25.1 Å². The van der Waals surface area contributed by atoms with Gasteiger partial charge >= 0.3 is 6.03 Å². The number of carbonyl (C=O) groups is 1. The molecule has 1 atom stereocenters. The predicted octanol–water partition coefficient (Wildman–Crippen LogP) is 4.28. The summed E-state index contributed by atoms with van der Waals surface area (Å²) in [6.07, 6.45) is 2.93. The van der Waals surface area contributed by atoms with Gasteiger partial charge < -0.3 is 19.7 Å². The first-order valence-corrected chi connectivity index (χ1v) is 9.20. The van der Waals surface area contributed by atoms with Crippen LogP contribution in [0.15, 0.2) is 35.7 Å². The highest BCUT2D eigenvalue weighted by atomic mass is 32.1. The molecule has 0 radical (unpaired) electrons. The van der Waals surface area contributed by atoms with Crippen LogP contribution in [0, 0.1) is 0 Å². The van der Waals surface area contributed by atoms with Gasteiger partial charge in [0.25, 0.3) is 0 Å². The van der Waals surface area contributed by atoms with Crippen molar-refractivity contribution in [2.45, 2.75) is 25.3 Å². The summed E-state index contributed by atoms with van der Waals surface area (Å²) in [4.78, 5) is 15.9. The minimum atomic E-state index is -0.0552. The van der Waals surface area contributed by atoms with Crippen LogP contribution in [0.3, 0.4) is 0 Å². The van der Waals surface area contributed by atoms with Crippen LogP contribution < -0.4 is 14.8 Å². The number of nitrogens with one attached hydrogen (secondary N) is 1. The first-order chi connectivity index (χ1) is 11.8. The lowest BCUT2D eigenvalue weighted by Crippen LogP contribution is -2.34. The van der Waals surface area contributed by atoms with E-state index in [2.05, 4.69) is 16.8 Å². The van der Waals surface area contributed by atoms with Crippen molar-refractivity contribution in [3.63, 3.8) is 0 Å². The van der Waals surface area contributed by atoms with E-state index in [1.54, 1.807) is 11.3 Å². The second kappa shape index (κ2) is 6.73. The predicted molar refractivity (Wildman–Crippen MR) is 94.1 cm³/mol. The van der Waals surface area contributed by atoms with Gasteiger partial charge in [0.15, 0.2) is 11.5 Å². The molecule has 126 valence electrons. The number of thiophene rings is 1. The summed E-state index contributed by atoms with van der Waals surface area (Å²) in [7, 11) is 0. The summed E-state index contributed by atoms with van der Waals surface area (Å²) in [6.45, 7) is 2.09. The third-order valence-corrected chi connectivity index (χ3v) is 5.36. The van der Waals surface area contributed by atoms with Crippen molar-refractivity contribution in [3.8, 4) is 11.5 Å². The van der Waals surface area contributed by atoms with E-state index in [1.165, 1.54) is 4.88 Å². The number of hydrogen-bond acceptors (Lipinski definition) is 4. The zero-order valence-corrected chi connectivity index (χ0v) is 14.2. The number of amides is 2. The van der Waals surface area contributed by atoms with Crippen LogP contribution in [0.1, 0.15) is 30.2 Å². The Kier molecular flexibility index (Phi) is 4.30. The minimum Gasteiger partial charge on any atom is -0.490 e. The van der Waals surface area contributed by atoms with E-state index in [0.29, 0.717) is 19.0 Å². The molecule has 4 rings (SSSR count). The summed E-state index contributed by atoms with van der Waals surface area (Å²) in [5, 5.41) is 5.07. The Morgan fingerprint density at radius 2 is 2.04 bits per heavy atom. The van der Waals surface area contributed by atoms with E-state index in [9.17, 15) is 4.79 Å². The summed E-state index contributed by atoms with van der Waals surface area (Å²) >= 11 is 1.71. The van der Waals surface area contributed by atoms with Crippen molar-refractivity contribution < 1.29 is 14.3 Å². The van der Waals surface area contributed by atoms with Crippen molar-refractivity contribution >= 4 is 23.1 Å². The number of rotatable bonds is 2. The molecule has 2 aromatic rings. The number of benzene rings is 1. The SMILES string of the molecule is O=C(Nc1ccc2c(c1)OCCCO2)N1CCC[C@H]1c1cccs1. The van der Waals surface area contributed by atoms with Crippen molar-refractivity contribution in [3.05, 3.63) is 40.6 Å². The van der Waals surface area contributed by atoms with Crippen molar-refractivity contribution in [2.24, 2.45) is 0 Å². The molecule has 0 saturated carbocycles. The van der Waals surface area contributed by atoms with Gasteiger partial charge in [-0.15, -0.1) is 11.3 Å². The van der Waals surface area contributed by atoms with Gasteiger partial charge in [-0.1, -0.05) is 6.07 Å². The second-order valence-corrected chi connectivity index (χ2v) is 6.99. The highest BCUT2D eigenvalue weighted by molar-refractivity contribution is 7.10. The van der Waals surface area contributed by atoms with Gasteiger partial charge in [-0.05, 0) is 36.4 Å². The first kappa shape index (κ1) is 15.3. The molecule has 1 fully saturated rings. The fraction of sp³-hybridized carbons (Fsp3) is 0.389. The fourth-order valence-corrected chi connectivity index (χ4v) is 4.10. The summed E-state index contributed by atoms with van der Waals surface area (Å²) < 4.78 is 11.3. The molecular formula is C18H20N2O3S. The monoisotopic (exact) mass is 344 g/mol. The van der Waals surface area contributed by atoms with E-state index in [0.717, 1.165) is 37.2 Å². The Bertz CT molecular complexity index is 717. The number of likely N-dealkylation sites (tertiary alicyclic amines) is 1. The number of ether oxygens (including phenoxy) is 2. The molecule has 0 spiro atoms. The van der Waals surface area contributed by atoms with Crippen LogP contribution >= 0.6 is 11.3 Å². The molecular weight excluding hydrogens is 324 g/mol. The van der Waals surface area contributed by atoms with E-state index in [4.69, 9.17) is 9.47 Å². The lowest BCUT2D eigenvalue weighted by atomic mass is 10.2.